The normalized spacial score (nSPS) is 14.9. The van der Waals surface area contributed by atoms with Gasteiger partial charge in [0.1, 0.15) is 13.2 Å². The Morgan fingerprint density at radius 2 is 1.09 bits per heavy atom. The number of nitrogens with zero attached hydrogens (tertiary/aromatic N) is 1. The Hall–Kier alpha value is -1.80. The molecule has 0 aliphatic rings. The Labute approximate surface area is 345 Å². The number of hydrogen-bond acceptors (Lipinski definition) is 5. The Balaban J connectivity index is 4.49. The molecule has 0 aliphatic heterocycles. The second kappa shape index (κ2) is 38.7. The van der Waals surface area contributed by atoms with Gasteiger partial charge in [0.2, 0.25) is 5.91 Å². The molecule has 56 heavy (non-hydrogen) atoms. The standard InChI is InChI=1S/C47H87N2O6P/c1-6-8-10-12-14-16-18-20-22-24-26-28-30-32-34-36-38-40-46(50)45(44-55-56(52,53)54-43-42-49(3,4)5)48-47(51)41-39-37-35-33-31-29-27-25-23-21-19-17-15-13-11-9-7-2/h9,11,15,17,21,23,30,32,38,40,45-46,50H,6-8,10,12-14,16,18-20,22,24-29,31,33-37,39,41-44H2,1-5H3,(H-,48,51,52,53)/p+1/b11-9-,17-15-,23-21-,32-30+,40-38+. The first-order chi connectivity index (χ1) is 27.0. The van der Waals surface area contributed by atoms with E-state index in [4.69, 9.17) is 9.05 Å². The predicted octanol–water partition coefficient (Wildman–Crippen LogP) is 12.6. The SMILES string of the molecule is CC/C=C\C/C=C\C/C=C\CCCCCCCCCC(=O)NC(COP(=O)(O)OCC[N+](C)(C)C)C(O)/C=C/CC/C=C/CCCCCCCCCCCCC. The first kappa shape index (κ1) is 54.2. The van der Waals surface area contributed by atoms with Crippen LogP contribution in [0.1, 0.15) is 181 Å². The zero-order valence-electron chi connectivity index (χ0n) is 36.9. The molecular weight excluding hydrogens is 719 g/mol. The van der Waals surface area contributed by atoms with Crippen LogP contribution in [0.2, 0.25) is 0 Å². The molecule has 0 aromatic carbocycles. The van der Waals surface area contributed by atoms with Crippen molar-refractivity contribution >= 4 is 13.7 Å². The fraction of sp³-hybridized carbons (Fsp3) is 0.766. The molecular formula is C47H88N2O6P+. The largest absolute Gasteiger partial charge is 0.472 e. The summed E-state index contributed by atoms with van der Waals surface area (Å²) in [4.78, 5) is 23.1. The van der Waals surface area contributed by atoms with Crippen LogP contribution in [-0.4, -0.2) is 73.4 Å². The van der Waals surface area contributed by atoms with Crippen molar-refractivity contribution in [3.8, 4) is 0 Å². The Bertz CT molecular complexity index is 1100. The number of phosphoric acid groups is 1. The molecule has 3 atom stereocenters. The molecule has 326 valence electrons. The summed E-state index contributed by atoms with van der Waals surface area (Å²) in [6.07, 6.45) is 50.0. The molecule has 0 radical (unpaired) electrons. The minimum absolute atomic E-state index is 0.0516. The third kappa shape index (κ3) is 40.4. The smallest absolute Gasteiger partial charge is 0.387 e. The summed E-state index contributed by atoms with van der Waals surface area (Å²) < 4.78 is 23.5. The number of phosphoric ester groups is 1. The van der Waals surface area contributed by atoms with E-state index < -0.39 is 20.0 Å². The maximum absolute atomic E-state index is 12.9. The van der Waals surface area contributed by atoms with E-state index in [1.54, 1.807) is 6.08 Å². The fourth-order valence-corrected chi connectivity index (χ4v) is 6.86. The topological polar surface area (TPSA) is 105 Å². The number of unbranched alkanes of at least 4 members (excludes halogenated alkanes) is 19. The predicted molar refractivity (Wildman–Crippen MR) is 240 cm³/mol. The molecule has 3 unspecified atom stereocenters. The highest BCUT2D eigenvalue weighted by Gasteiger charge is 2.27. The van der Waals surface area contributed by atoms with Gasteiger partial charge in [0.05, 0.1) is 39.9 Å². The zero-order chi connectivity index (χ0) is 41.4. The van der Waals surface area contributed by atoms with Crippen LogP contribution in [0.15, 0.2) is 60.8 Å². The van der Waals surface area contributed by atoms with Gasteiger partial charge < -0.3 is 19.8 Å². The van der Waals surface area contributed by atoms with Crippen molar-refractivity contribution in [2.45, 2.75) is 193 Å². The van der Waals surface area contributed by atoms with Crippen LogP contribution in [0.3, 0.4) is 0 Å². The summed E-state index contributed by atoms with van der Waals surface area (Å²) in [5.41, 5.74) is 0. The molecule has 0 aromatic heterocycles. The minimum atomic E-state index is -4.35. The van der Waals surface area contributed by atoms with Gasteiger partial charge in [-0.1, -0.05) is 171 Å². The van der Waals surface area contributed by atoms with Gasteiger partial charge in [0.25, 0.3) is 0 Å². The van der Waals surface area contributed by atoms with Crippen molar-refractivity contribution < 1.29 is 32.9 Å². The van der Waals surface area contributed by atoms with Gasteiger partial charge in [-0.05, 0) is 64.2 Å². The molecule has 0 fully saturated rings. The second-order valence-electron chi connectivity index (χ2n) is 16.4. The van der Waals surface area contributed by atoms with Crippen LogP contribution in [-0.2, 0) is 18.4 Å². The van der Waals surface area contributed by atoms with E-state index in [9.17, 15) is 19.4 Å². The van der Waals surface area contributed by atoms with E-state index in [2.05, 4.69) is 67.8 Å². The number of carbonyl (C=O) groups is 1. The van der Waals surface area contributed by atoms with Crippen molar-refractivity contribution in [1.29, 1.82) is 0 Å². The highest BCUT2D eigenvalue weighted by atomic mass is 31.2. The third-order valence-corrected chi connectivity index (χ3v) is 10.7. The minimum Gasteiger partial charge on any atom is -0.387 e. The number of aliphatic hydroxyl groups is 1. The molecule has 1 amide bonds. The third-order valence-electron chi connectivity index (χ3n) is 9.72. The van der Waals surface area contributed by atoms with Crippen LogP contribution in [0, 0.1) is 0 Å². The summed E-state index contributed by atoms with van der Waals surface area (Å²) in [5.74, 6) is -0.200. The molecule has 0 bridgehead atoms. The molecule has 3 N–H and O–H groups in total. The first-order valence-corrected chi connectivity index (χ1v) is 24.2. The van der Waals surface area contributed by atoms with Gasteiger partial charge in [-0.15, -0.1) is 0 Å². The highest BCUT2D eigenvalue weighted by Crippen LogP contribution is 2.43. The maximum Gasteiger partial charge on any atom is 0.472 e. The van der Waals surface area contributed by atoms with E-state index in [1.807, 2.05) is 27.2 Å². The van der Waals surface area contributed by atoms with Crippen molar-refractivity contribution in [1.82, 2.24) is 5.32 Å². The summed E-state index contributed by atoms with van der Waals surface area (Å²) in [6.45, 7) is 4.66. The lowest BCUT2D eigenvalue weighted by Crippen LogP contribution is -2.45. The Morgan fingerprint density at radius 1 is 0.625 bits per heavy atom. The maximum atomic E-state index is 12.9. The number of nitrogens with one attached hydrogen (secondary N) is 1. The number of quaternary nitrogens is 1. The average Bonchev–Trinajstić information content (AvgIpc) is 3.15. The lowest BCUT2D eigenvalue weighted by Gasteiger charge is -2.25. The molecule has 0 saturated heterocycles. The average molecular weight is 808 g/mol. The molecule has 0 heterocycles. The lowest BCUT2D eigenvalue weighted by atomic mass is 10.1. The van der Waals surface area contributed by atoms with Crippen molar-refractivity contribution in [2.75, 3.05) is 40.9 Å². The van der Waals surface area contributed by atoms with Gasteiger partial charge >= 0.3 is 7.82 Å². The van der Waals surface area contributed by atoms with Crippen molar-refractivity contribution in [3.63, 3.8) is 0 Å². The van der Waals surface area contributed by atoms with Gasteiger partial charge in [-0.3, -0.25) is 13.8 Å². The first-order valence-electron chi connectivity index (χ1n) is 22.7. The van der Waals surface area contributed by atoms with Crippen molar-refractivity contribution in [2.24, 2.45) is 0 Å². The number of allylic oxidation sites excluding steroid dienone is 9. The number of aliphatic hydroxyl groups excluding tert-OH is 1. The van der Waals surface area contributed by atoms with Crippen LogP contribution in [0.4, 0.5) is 0 Å². The lowest BCUT2D eigenvalue weighted by molar-refractivity contribution is -0.870. The summed E-state index contributed by atoms with van der Waals surface area (Å²) in [7, 11) is 1.54. The van der Waals surface area contributed by atoms with Crippen LogP contribution < -0.4 is 5.32 Å². The monoisotopic (exact) mass is 808 g/mol. The van der Waals surface area contributed by atoms with E-state index >= 15 is 0 Å². The van der Waals surface area contributed by atoms with E-state index in [0.717, 1.165) is 70.6 Å². The number of hydrogen-bond donors (Lipinski definition) is 3. The molecule has 8 nitrogen and oxygen atoms in total. The molecule has 9 heteroatoms. The van der Waals surface area contributed by atoms with E-state index in [1.165, 1.54) is 89.9 Å². The zero-order valence-corrected chi connectivity index (χ0v) is 37.8. The van der Waals surface area contributed by atoms with Crippen LogP contribution in [0.5, 0.6) is 0 Å². The van der Waals surface area contributed by atoms with Crippen LogP contribution in [0.25, 0.3) is 0 Å². The van der Waals surface area contributed by atoms with Crippen LogP contribution >= 0.6 is 7.82 Å². The molecule has 0 saturated carbocycles. The number of carbonyl (C=O) groups excluding carboxylic acids is 1. The number of amides is 1. The number of rotatable bonds is 40. The molecule has 0 aliphatic carbocycles. The summed E-state index contributed by atoms with van der Waals surface area (Å²) in [6, 6.07) is -0.870. The summed E-state index contributed by atoms with van der Waals surface area (Å²) in [5, 5.41) is 13.8. The van der Waals surface area contributed by atoms with E-state index in [0.29, 0.717) is 17.4 Å². The second-order valence-corrected chi connectivity index (χ2v) is 17.8. The molecule has 0 aromatic rings. The molecule has 0 spiro atoms. The van der Waals surface area contributed by atoms with E-state index in [-0.39, 0.29) is 19.1 Å². The number of likely N-dealkylation sites (N-methyl/N-ethyl adjacent to an activating group) is 1. The summed E-state index contributed by atoms with van der Waals surface area (Å²) >= 11 is 0. The molecule has 0 rings (SSSR count). The highest BCUT2D eigenvalue weighted by molar-refractivity contribution is 7.47. The van der Waals surface area contributed by atoms with Gasteiger partial charge in [-0.2, -0.15) is 0 Å². The van der Waals surface area contributed by atoms with Gasteiger partial charge in [-0.25, -0.2) is 4.57 Å². The Morgan fingerprint density at radius 3 is 1.64 bits per heavy atom. The Kier molecular flexibility index (Phi) is 37.5. The van der Waals surface area contributed by atoms with Gasteiger partial charge in [0, 0.05) is 6.42 Å². The van der Waals surface area contributed by atoms with Crippen molar-refractivity contribution in [3.05, 3.63) is 60.8 Å². The fourth-order valence-electron chi connectivity index (χ4n) is 6.13. The quantitative estimate of drug-likeness (QED) is 0.0246. The van der Waals surface area contributed by atoms with Gasteiger partial charge in [0.15, 0.2) is 0 Å².